The SMILES string of the molecule is O=C(Cc1cc(F)cc(Br)c1)c1cccc(OC(F)F)c1. The van der Waals surface area contributed by atoms with Crippen molar-refractivity contribution >= 4 is 21.7 Å². The summed E-state index contributed by atoms with van der Waals surface area (Å²) in [6.07, 6.45) is -0.0332. The van der Waals surface area contributed by atoms with Gasteiger partial charge in [0.2, 0.25) is 0 Å². The minimum atomic E-state index is -2.95. The maximum atomic E-state index is 13.2. The summed E-state index contributed by atoms with van der Waals surface area (Å²) in [4.78, 5) is 12.1. The summed E-state index contributed by atoms with van der Waals surface area (Å²) in [6.45, 7) is -2.95. The monoisotopic (exact) mass is 358 g/mol. The highest BCUT2D eigenvalue weighted by Crippen LogP contribution is 2.19. The van der Waals surface area contributed by atoms with E-state index in [2.05, 4.69) is 20.7 Å². The minimum absolute atomic E-state index is 0.0332. The lowest BCUT2D eigenvalue weighted by molar-refractivity contribution is -0.0498. The van der Waals surface area contributed by atoms with Crippen LogP contribution in [0.2, 0.25) is 0 Å². The second-order valence-electron chi connectivity index (χ2n) is 4.28. The van der Waals surface area contributed by atoms with E-state index in [0.717, 1.165) is 0 Å². The Morgan fingerprint density at radius 1 is 1.19 bits per heavy atom. The summed E-state index contributed by atoms with van der Waals surface area (Å²) in [5.74, 6) is -0.856. The van der Waals surface area contributed by atoms with Crippen LogP contribution in [0.5, 0.6) is 5.75 Å². The van der Waals surface area contributed by atoms with Gasteiger partial charge in [0.15, 0.2) is 5.78 Å². The highest BCUT2D eigenvalue weighted by Gasteiger charge is 2.11. The van der Waals surface area contributed by atoms with Gasteiger partial charge in [0.1, 0.15) is 11.6 Å². The second-order valence-corrected chi connectivity index (χ2v) is 5.20. The van der Waals surface area contributed by atoms with Gasteiger partial charge in [-0.3, -0.25) is 4.79 Å². The molecule has 0 saturated heterocycles. The number of rotatable bonds is 5. The molecule has 2 rings (SSSR count). The molecule has 21 heavy (non-hydrogen) atoms. The van der Waals surface area contributed by atoms with E-state index in [1.165, 1.54) is 36.4 Å². The van der Waals surface area contributed by atoms with Gasteiger partial charge in [0.25, 0.3) is 0 Å². The Bertz CT molecular complexity index is 639. The molecule has 0 amide bonds. The number of halogens is 4. The molecule has 0 aromatic heterocycles. The molecule has 0 N–H and O–H groups in total. The Kier molecular flexibility index (Phi) is 5.01. The summed E-state index contributed by atoms with van der Waals surface area (Å²) in [5, 5.41) is 0. The molecule has 0 aliphatic heterocycles. The highest BCUT2D eigenvalue weighted by molar-refractivity contribution is 9.10. The van der Waals surface area contributed by atoms with Crippen LogP contribution in [0.4, 0.5) is 13.2 Å². The molecule has 0 aliphatic carbocycles. The zero-order valence-electron chi connectivity index (χ0n) is 10.7. The summed E-state index contributed by atoms with van der Waals surface area (Å²) in [5.41, 5.74) is 0.723. The second kappa shape index (κ2) is 6.76. The van der Waals surface area contributed by atoms with Gasteiger partial charge >= 0.3 is 6.61 Å². The van der Waals surface area contributed by atoms with E-state index in [1.54, 1.807) is 6.07 Å². The Balaban J connectivity index is 2.16. The lowest BCUT2D eigenvalue weighted by Crippen LogP contribution is -2.06. The molecule has 0 heterocycles. The third-order valence-corrected chi connectivity index (χ3v) is 3.13. The van der Waals surface area contributed by atoms with Crippen molar-refractivity contribution in [1.82, 2.24) is 0 Å². The normalized spacial score (nSPS) is 10.7. The average molecular weight is 359 g/mol. The zero-order chi connectivity index (χ0) is 15.4. The summed E-state index contributed by atoms with van der Waals surface area (Å²) in [6, 6.07) is 9.68. The van der Waals surface area contributed by atoms with Crippen molar-refractivity contribution in [3.63, 3.8) is 0 Å². The molecule has 2 aromatic carbocycles. The van der Waals surface area contributed by atoms with Crippen LogP contribution >= 0.6 is 15.9 Å². The van der Waals surface area contributed by atoms with Crippen LogP contribution < -0.4 is 4.74 Å². The average Bonchev–Trinajstić information content (AvgIpc) is 2.36. The Labute approximate surface area is 127 Å². The smallest absolute Gasteiger partial charge is 0.387 e. The number of ketones is 1. The third-order valence-electron chi connectivity index (χ3n) is 2.67. The standard InChI is InChI=1S/C15H10BrF3O2/c16-11-4-9(5-12(17)8-11)6-14(20)10-2-1-3-13(7-10)21-15(18)19/h1-5,7-8,15H,6H2. The maximum Gasteiger partial charge on any atom is 0.387 e. The van der Waals surface area contributed by atoms with Crippen LogP contribution in [-0.2, 0) is 6.42 Å². The predicted octanol–water partition coefficient (Wildman–Crippen LogP) is 4.62. The van der Waals surface area contributed by atoms with E-state index in [-0.39, 0.29) is 23.5 Å². The molecule has 0 radical (unpaired) electrons. The molecule has 0 atom stereocenters. The van der Waals surface area contributed by atoms with E-state index in [0.29, 0.717) is 10.0 Å². The summed E-state index contributed by atoms with van der Waals surface area (Å²) >= 11 is 3.14. The largest absolute Gasteiger partial charge is 0.435 e. The first-order valence-electron chi connectivity index (χ1n) is 5.97. The fourth-order valence-electron chi connectivity index (χ4n) is 1.85. The number of ether oxygens (including phenoxy) is 1. The number of benzene rings is 2. The minimum Gasteiger partial charge on any atom is -0.435 e. The molecule has 0 unspecified atom stereocenters. The van der Waals surface area contributed by atoms with Crippen molar-refractivity contribution in [2.45, 2.75) is 13.0 Å². The summed E-state index contributed by atoms with van der Waals surface area (Å²) in [7, 11) is 0. The predicted molar refractivity (Wildman–Crippen MR) is 75.2 cm³/mol. The molecule has 110 valence electrons. The molecule has 2 aromatic rings. The van der Waals surface area contributed by atoms with Crippen LogP contribution in [0, 0.1) is 5.82 Å². The molecular weight excluding hydrogens is 349 g/mol. The van der Waals surface area contributed by atoms with Gasteiger partial charge in [0.05, 0.1) is 0 Å². The number of alkyl halides is 2. The number of hydrogen-bond acceptors (Lipinski definition) is 2. The van der Waals surface area contributed by atoms with Crippen LogP contribution in [0.1, 0.15) is 15.9 Å². The van der Waals surface area contributed by atoms with Gasteiger partial charge in [0, 0.05) is 16.5 Å². The quantitative estimate of drug-likeness (QED) is 0.729. The number of carbonyl (C=O) groups excluding carboxylic acids is 1. The Morgan fingerprint density at radius 2 is 1.95 bits per heavy atom. The van der Waals surface area contributed by atoms with Crippen molar-refractivity contribution in [3.8, 4) is 5.75 Å². The molecule has 0 fully saturated rings. The molecule has 0 bridgehead atoms. The van der Waals surface area contributed by atoms with Crippen LogP contribution in [0.15, 0.2) is 46.9 Å². The van der Waals surface area contributed by atoms with Gasteiger partial charge in [-0.25, -0.2) is 4.39 Å². The third kappa shape index (κ3) is 4.60. The van der Waals surface area contributed by atoms with Crippen molar-refractivity contribution in [1.29, 1.82) is 0 Å². The van der Waals surface area contributed by atoms with Crippen molar-refractivity contribution in [2.75, 3.05) is 0 Å². The van der Waals surface area contributed by atoms with Gasteiger partial charge < -0.3 is 4.74 Å². The van der Waals surface area contributed by atoms with Crippen LogP contribution in [0.25, 0.3) is 0 Å². The lowest BCUT2D eigenvalue weighted by Gasteiger charge is -2.07. The van der Waals surface area contributed by atoms with E-state index < -0.39 is 12.4 Å². The topological polar surface area (TPSA) is 26.3 Å². The first kappa shape index (κ1) is 15.6. The fraction of sp³-hybridized carbons (Fsp3) is 0.133. The maximum absolute atomic E-state index is 13.2. The van der Waals surface area contributed by atoms with Crippen molar-refractivity contribution in [2.24, 2.45) is 0 Å². The molecule has 2 nitrogen and oxygen atoms in total. The van der Waals surface area contributed by atoms with E-state index in [9.17, 15) is 18.0 Å². The number of Topliss-reactive ketones (excluding diaryl/α,β-unsaturated/α-hetero) is 1. The van der Waals surface area contributed by atoms with Gasteiger partial charge in [-0.1, -0.05) is 28.1 Å². The van der Waals surface area contributed by atoms with Gasteiger partial charge in [-0.15, -0.1) is 0 Å². The number of hydrogen-bond donors (Lipinski definition) is 0. The zero-order valence-corrected chi connectivity index (χ0v) is 12.2. The van der Waals surface area contributed by atoms with Crippen molar-refractivity contribution in [3.05, 3.63) is 63.9 Å². The first-order chi connectivity index (χ1) is 9.94. The van der Waals surface area contributed by atoms with Gasteiger partial charge in [-0.05, 0) is 35.9 Å². The molecular formula is C15H10BrF3O2. The number of carbonyl (C=O) groups is 1. The Morgan fingerprint density at radius 3 is 2.62 bits per heavy atom. The first-order valence-corrected chi connectivity index (χ1v) is 6.76. The highest BCUT2D eigenvalue weighted by atomic mass is 79.9. The summed E-state index contributed by atoms with van der Waals surface area (Å²) < 4.78 is 42.3. The Hall–Kier alpha value is -1.82. The van der Waals surface area contributed by atoms with Crippen LogP contribution in [0.3, 0.4) is 0 Å². The molecule has 0 saturated carbocycles. The fourth-order valence-corrected chi connectivity index (χ4v) is 2.36. The van der Waals surface area contributed by atoms with Crippen molar-refractivity contribution < 1.29 is 22.7 Å². The van der Waals surface area contributed by atoms with E-state index in [1.807, 2.05) is 0 Å². The lowest BCUT2D eigenvalue weighted by atomic mass is 10.0. The molecule has 0 aliphatic rings. The molecule has 6 heteroatoms. The van der Waals surface area contributed by atoms with E-state index >= 15 is 0 Å². The van der Waals surface area contributed by atoms with E-state index in [4.69, 9.17) is 0 Å². The van der Waals surface area contributed by atoms with Gasteiger partial charge in [-0.2, -0.15) is 8.78 Å². The molecule has 0 spiro atoms. The van der Waals surface area contributed by atoms with Crippen LogP contribution in [-0.4, -0.2) is 12.4 Å².